The molecule has 6 heteroatoms. The number of thiophene rings is 1. The quantitative estimate of drug-likeness (QED) is 0.115. The Bertz CT molecular complexity index is 8140. The van der Waals surface area contributed by atoms with Crippen LogP contribution in [-0.2, 0) is 10.8 Å². The van der Waals surface area contributed by atoms with Gasteiger partial charge in [-0.05, 0) is 233 Å². The monoisotopic (exact) mass is 1650 g/mol. The average Bonchev–Trinajstić information content (AvgIpc) is 1.51. The number of nitrogens with zero attached hydrogens (tertiary/aromatic N) is 4. The maximum absolute atomic E-state index is 6.88. The predicted octanol–water partition coefficient (Wildman–Crippen LogP) is 33.5. The molecule has 0 radical (unpaired) electrons. The van der Waals surface area contributed by atoms with Crippen molar-refractivity contribution in [2.75, 3.05) is 19.6 Å². The average molecular weight is 1650 g/mol. The van der Waals surface area contributed by atoms with Gasteiger partial charge in [-0.2, -0.15) is 0 Å². The number of furan rings is 1. The Morgan fingerprint density at radius 2 is 0.625 bits per heavy atom. The molecule has 22 aromatic rings. The van der Waals surface area contributed by atoms with Crippen LogP contribution in [0.3, 0.4) is 0 Å². The van der Waals surface area contributed by atoms with Crippen molar-refractivity contribution in [2.24, 2.45) is 0 Å². The van der Waals surface area contributed by atoms with Crippen molar-refractivity contribution in [1.82, 2.24) is 0 Å². The van der Waals surface area contributed by atoms with E-state index in [1.807, 2.05) is 11.3 Å². The molecule has 128 heavy (non-hydrogen) atoms. The highest BCUT2D eigenvalue weighted by Crippen LogP contribution is 2.68. The van der Waals surface area contributed by atoms with Crippen molar-refractivity contribution < 1.29 is 4.42 Å². The standard InChI is InChI=1S/C122H78N4OS/c1-3-30-79(31-4-1)80-62-70-89(71-63-80)124(110-54-18-9-39-94(110)97-44-28-45-98-95-40-10-23-60-116(95)127-119(97)98)115-59-29-53-109-118(115)100-42-8-13-48-103(100)122(109)107-51-16-21-57-113(107)126(114-58-22-17-52-108(114)122)90-37-26-34-85(77-90)84-33-25-32-83(76-84)81-64-68-87(69-65-81)123(88-72-66-82(67-73-88)92-43-27-46-99-96-41-11-24-61-117(96)128-120(92)99)91-74-75-104-101(78-91)93-38-7-12-47-102(93)121(104)105-49-14-19-55-111(105)125(86-35-5-2-6-36-86)112-56-20-15-50-106(112)121/h1-78H. The fourth-order valence-electron chi connectivity index (χ4n) is 22.1. The number of benzene rings is 20. The lowest BCUT2D eigenvalue weighted by Crippen LogP contribution is -2.36. The molecule has 4 aliphatic rings. The second-order valence-electron chi connectivity index (χ2n) is 34.0. The fourth-order valence-corrected chi connectivity index (χ4v) is 23.3. The zero-order chi connectivity index (χ0) is 84.1. The second kappa shape index (κ2) is 29.1. The lowest BCUT2D eigenvalue weighted by molar-refractivity contribution is 0.670. The van der Waals surface area contributed by atoms with Gasteiger partial charge in [0.15, 0.2) is 0 Å². The van der Waals surface area contributed by atoms with Gasteiger partial charge in [-0.25, -0.2) is 0 Å². The maximum atomic E-state index is 6.88. The zero-order valence-electron chi connectivity index (χ0n) is 69.6. The first-order valence-electron chi connectivity index (χ1n) is 44.1. The third-order valence-corrected chi connectivity index (χ3v) is 28.7. The van der Waals surface area contributed by atoms with Gasteiger partial charge in [0.2, 0.25) is 0 Å². The van der Waals surface area contributed by atoms with Gasteiger partial charge in [0.05, 0.1) is 45.0 Å². The van der Waals surface area contributed by atoms with Crippen molar-refractivity contribution in [1.29, 1.82) is 0 Å². The highest BCUT2D eigenvalue weighted by atomic mass is 32.1. The summed E-state index contributed by atoms with van der Waals surface area (Å²) in [6, 6.07) is 176. The first-order chi connectivity index (χ1) is 63.5. The van der Waals surface area contributed by atoms with Crippen molar-refractivity contribution in [3.8, 4) is 77.9 Å². The Kier molecular flexibility index (Phi) is 16.7. The molecule has 598 valence electrons. The molecule has 0 bridgehead atoms. The largest absolute Gasteiger partial charge is 0.455 e. The molecule has 2 spiro atoms. The van der Waals surface area contributed by atoms with E-state index in [0.29, 0.717) is 0 Å². The van der Waals surface area contributed by atoms with Crippen LogP contribution in [0.15, 0.2) is 478 Å². The summed E-state index contributed by atoms with van der Waals surface area (Å²) in [6.07, 6.45) is 0. The van der Waals surface area contributed by atoms with Crippen LogP contribution in [0, 0.1) is 0 Å². The van der Waals surface area contributed by atoms with Gasteiger partial charge in [-0.1, -0.05) is 346 Å². The molecule has 5 nitrogen and oxygen atoms in total. The van der Waals surface area contributed by atoms with Gasteiger partial charge in [-0.15, -0.1) is 11.3 Å². The second-order valence-corrected chi connectivity index (χ2v) is 35.0. The van der Waals surface area contributed by atoms with Crippen LogP contribution in [0.1, 0.15) is 44.5 Å². The zero-order valence-corrected chi connectivity index (χ0v) is 70.5. The minimum atomic E-state index is -0.730. The molecular weight excluding hydrogens is 1570 g/mol. The van der Waals surface area contributed by atoms with E-state index in [1.165, 1.54) is 115 Å². The third-order valence-electron chi connectivity index (χ3n) is 27.5. The van der Waals surface area contributed by atoms with E-state index >= 15 is 0 Å². The summed E-state index contributed by atoms with van der Waals surface area (Å²) in [4.78, 5) is 9.93. The SMILES string of the molecule is c1ccc(-c2ccc(N(c3ccccc3-c3cccc4c3oc3ccccc34)c3cccc4c3-c3ccccc3C43c4ccccc4N(c4cccc(-c5cccc(-c6ccc(N(c7ccc(-c8cccc9c8sc8ccccc89)cc7)c7ccc8c(c7)-c7ccccc7C87c8ccccc8N(c8ccccc8)c8ccccc87)cc6)c5)c4)c4ccccc43)cc2)cc1. The predicted molar refractivity (Wildman–Crippen MR) is 534 cm³/mol. The Labute approximate surface area is 746 Å². The minimum Gasteiger partial charge on any atom is -0.455 e. The van der Waals surface area contributed by atoms with Crippen molar-refractivity contribution >= 4 is 122 Å². The molecule has 0 saturated carbocycles. The third kappa shape index (κ3) is 11.0. The highest BCUT2D eigenvalue weighted by molar-refractivity contribution is 7.26. The van der Waals surface area contributed by atoms with Gasteiger partial charge in [0.1, 0.15) is 11.2 Å². The van der Waals surface area contributed by atoms with E-state index in [0.717, 1.165) is 118 Å². The highest BCUT2D eigenvalue weighted by Gasteiger charge is 2.54. The van der Waals surface area contributed by atoms with Crippen molar-refractivity contribution in [3.05, 3.63) is 518 Å². The van der Waals surface area contributed by atoms with Gasteiger partial charge in [0.25, 0.3) is 0 Å². The summed E-state index contributed by atoms with van der Waals surface area (Å²) in [7, 11) is 0. The van der Waals surface area contributed by atoms with E-state index in [2.05, 4.69) is 493 Å². The van der Waals surface area contributed by atoms with Crippen LogP contribution in [0.25, 0.3) is 120 Å². The van der Waals surface area contributed by atoms with E-state index < -0.39 is 10.8 Å². The molecule has 0 fully saturated rings. The first-order valence-corrected chi connectivity index (χ1v) is 44.9. The number of hydrogen-bond donors (Lipinski definition) is 0. The van der Waals surface area contributed by atoms with E-state index in [9.17, 15) is 0 Å². The fraction of sp³-hybridized carbons (Fsp3) is 0.0164. The summed E-state index contributed by atoms with van der Waals surface area (Å²) < 4.78 is 9.48. The number of para-hydroxylation sites is 8. The molecule has 26 rings (SSSR count). The molecule has 0 N–H and O–H groups in total. The Hall–Kier alpha value is -16.4. The van der Waals surface area contributed by atoms with Crippen LogP contribution >= 0.6 is 11.3 Å². The molecule has 4 heterocycles. The van der Waals surface area contributed by atoms with Crippen LogP contribution in [-0.4, -0.2) is 0 Å². The number of anilines is 12. The molecule has 0 atom stereocenters. The van der Waals surface area contributed by atoms with E-state index in [4.69, 9.17) is 4.42 Å². The van der Waals surface area contributed by atoms with Crippen molar-refractivity contribution in [2.45, 2.75) is 10.8 Å². The molecule has 0 saturated heterocycles. The molecule has 0 amide bonds. The van der Waals surface area contributed by atoms with Crippen LogP contribution < -0.4 is 19.6 Å². The Morgan fingerprint density at radius 3 is 1.30 bits per heavy atom. The first kappa shape index (κ1) is 73.2. The molecular formula is C122H78N4OS. The van der Waals surface area contributed by atoms with Gasteiger partial charge in [0, 0.05) is 81.8 Å². The number of hydrogen-bond acceptors (Lipinski definition) is 6. The van der Waals surface area contributed by atoms with Crippen LogP contribution in [0.2, 0.25) is 0 Å². The normalized spacial score (nSPS) is 13.2. The summed E-state index contributed by atoms with van der Waals surface area (Å²) in [5, 5.41) is 4.79. The summed E-state index contributed by atoms with van der Waals surface area (Å²) >= 11 is 1.88. The summed E-state index contributed by atoms with van der Waals surface area (Å²) in [5.74, 6) is 0. The maximum Gasteiger partial charge on any atom is 0.143 e. The molecule has 2 aromatic heterocycles. The van der Waals surface area contributed by atoms with E-state index in [-0.39, 0.29) is 0 Å². The number of rotatable bonds is 13. The molecule has 0 unspecified atom stereocenters. The molecule has 20 aromatic carbocycles. The van der Waals surface area contributed by atoms with Gasteiger partial charge < -0.3 is 24.0 Å². The molecule has 2 aliphatic carbocycles. The summed E-state index contributed by atoms with van der Waals surface area (Å²) in [5.41, 5.74) is 39.8. The van der Waals surface area contributed by atoms with E-state index in [1.54, 1.807) is 0 Å². The lowest BCUT2D eigenvalue weighted by Gasteiger charge is -2.45. The molecule has 2 aliphatic heterocycles. The minimum absolute atomic E-state index is 0.592. The summed E-state index contributed by atoms with van der Waals surface area (Å²) in [6.45, 7) is 0. The lowest BCUT2D eigenvalue weighted by atomic mass is 9.64. The van der Waals surface area contributed by atoms with Crippen LogP contribution in [0.4, 0.5) is 68.2 Å². The van der Waals surface area contributed by atoms with Crippen LogP contribution in [0.5, 0.6) is 0 Å². The van der Waals surface area contributed by atoms with Gasteiger partial charge >= 0.3 is 0 Å². The Morgan fingerprint density at radius 1 is 0.219 bits per heavy atom. The number of fused-ring (bicyclic) bond motifs is 24. The topological polar surface area (TPSA) is 26.1 Å². The smallest absolute Gasteiger partial charge is 0.143 e. The van der Waals surface area contributed by atoms with Crippen molar-refractivity contribution in [3.63, 3.8) is 0 Å². The Balaban J connectivity index is 0.574. The van der Waals surface area contributed by atoms with Gasteiger partial charge in [-0.3, -0.25) is 0 Å².